The summed E-state index contributed by atoms with van der Waals surface area (Å²) in [5.74, 6) is -2.19. The van der Waals surface area contributed by atoms with Gasteiger partial charge in [-0.15, -0.1) is 0 Å². The minimum absolute atomic E-state index is 0.00769. The van der Waals surface area contributed by atoms with E-state index >= 15 is 0 Å². The van der Waals surface area contributed by atoms with Gasteiger partial charge in [0.2, 0.25) is 5.91 Å². The smallest absolute Gasteiger partial charge is 0.481 e. The Bertz CT molecular complexity index is 497. The van der Waals surface area contributed by atoms with E-state index in [-0.39, 0.29) is 30.5 Å². The summed E-state index contributed by atoms with van der Waals surface area (Å²) in [4.78, 5) is 31.3. The summed E-state index contributed by atoms with van der Waals surface area (Å²) >= 11 is 0. The fourth-order valence-electron chi connectivity index (χ4n) is 2.28. The molecule has 1 aliphatic rings. The molecule has 0 aliphatic heterocycles. The second kappa shape index (κ2) is 13.9. The average Bonchev–Trinajstić information content (AvgIpc) is 3.03. The largest absolute Gasteiger partial charge is 0.490 e. The SMILES string of the molecule is CO[C@H]1CC(C(=O)NCCSSCCC(=O)O)C[C@H]1OC.O=C(O)C(F)(F)F. The van der Waals surface area contributed by atoms with Crippen LogP contribution in [0, 0.1) is 5.92 Å². The van der Waals surface area contributed by atoms with Crippen molar-refractivity contribution in [1.82, 2.24) is 5.32 Å². The maximum atomic E-state index is 12.0. The van der Waals surface area contributed by atoms with Gasteiger partial charge in [-0.05, 0) is 12.8 Å². The Hall–Kier alpha value is -1.18. The van der Waals surface area contributed by atoms with Gasteiger partial charge in [-0.25, -0.2) is 4.79 Å². The Morgan fingerprint density at radius 2 is 1.50 bits per heavy atom. The molecular weight excluding hydrogens is 427 g/mol. The lowest BCUT2D eigenvalue weighted by Crippen LogP contribution is -2.31. The molecule has 13 heteroatoms. The van der Waals surface area contributed by atoms with Crippen molar-refractivity contribution in [3.05, 3.63) is 0 Å². The zero-order valence-electron chi connectivity index (χ0n) is 15.4. The summed E-state index contributed by atoms with van der Waals surface area (Å²) < 4.78 is 42.4. The van der Waals surface area contributed by atoms with Gasteiger partial charge in [0.15, 0.2) is 0 Å². The number of alkyl halides is 3. The molecule has 3 N–H and O–H groups in total. The minimum Gasteiger partial charge on any atom is -0.481 e. The molecule has 164 valence electrons. The third-order valence-electron chi connectivity index (χ3n) is 3.63. The number of carboxylic acids is 2. The van der Waals surface area contributed by atoms with Crippen molar-refractivity contribution in [3.63, 3.8) is 0 Å². The predicted octanol–water partition coefficient (Wildman–Crippen LogP) is 2.03. The number of hydrogen-bond donors (Lipinski definition) is 3. The predicted molar refractivity (Wildman–Crippen MR) is 98.2 cm³/mol. The number of amides is 1. The number of carboxylic acid groups (broad SMARTS) is 2. The number of methoxy groups -OCH3 is 2. The van der Waals surface area contributed by atoms with Crippen molar-refractivity contribution < 1.29 is 47.2 Å². The van der Waals surface area contributed by atoms with Crippen LogP contribution >= 0.6 is 21.6 Å². The molecular formula is C15H24F3NO7S2. The number of aliphatic carboxylic acids is 2. The van der Waals surface area contributed by atoms with E-state index in [2.05, 4.69) is 5.32 Å². The Balaban J connectivity index is 0.000000887. The van der Waals surface area contributed by atoms with E-state index in [9.17, 15) is 22.8 Å². The molecule has 0 bridgehead atoms. The number of ether oxygens (including phenoxy) is 2. The number of halogens is 3. The number of nitrogens with one attached hydrogen (secondary N) is 1. The molecule has 1 aliphatic carbocycles. The zero-order valence-corrected chi connectivity index (χ0v) is 17.0. The molecule has 0 spiro atoms. The number of hydrogen-bond acceptors (Lipinski definition) is 7. The Kier molecular flexibility index (Phi) is 13.3. The van der Waals surface area contributed by atoms with Crippen LogP contribution in [-0.2, 0) is 23.9 Å². The van der Waals surface area contributed by atoms with Crippen LogP contribution in [0.1, 0.15) is 19.3 Å². The molecule has 0 aromatic carbocycles. The minimum atomic E-state index is -5.08. The van der Waals surface area contributed by atoms with E-state index in [1.807, 2.05) is 0 Å². The lowest BCUT2D eigenvalue weighted by atomic mass is 10.1. The lowest BCUT2D eigenvalue weighted by molar-refractivity contribution is -0.192. The van der Waals surface area contributed by atoms with Crippen molar-refractivity contribution in [2.24, 2.45) is 5.92 Å². The second-order valence-electron chi connectivity index (χ2n) is 5.60. The fraction of sp³-hybridized carbons (Fsp3) is 0.800. The van der Waals surface area contributed by atoms with Crippen LogP contribution in [0.4, 0.5) is 13.2 Å². The summed E-state index contributed by atoms with van der Waals surface area (Å²) in [7, 11) is 6.38. The van der Waals surface area contributed by atoms with Gasteiger partial charge in [0.25, 0.3) is 0 Å². The average molecular weight is 451 g/mol. The Morgan fingerprint density at radius 1 is 1.04 bits per heavy atom. The molecule has 28 heavy (non-hydrogen) atoms. The maximum absolute atomic E-state index is 12.0. The standard InChI is InChI=1S/C13H23NO5S2.C2HF3O2/c1-18-10-7-9(8-11(10)19-2)13(17)14-4-6-21-20-5-3-12(15)16;3-2(4,5)1(6)7/h9-11H,3-8H2,1-2H3,(H,14,17)(H,15,16);(H,6,7)/t9?,10-,11+;. The molecule has 1 unspecified atom stereocenters. The highest BCUT2D eigenvalue weighted by molar-refractivity contribution is 8.76. The number of carbonyl (C=O) groups is 3. The van der Waals surface area contributed by atoms with Crippen LogP contribution in [0.15, 0.2) is 0 Å². The monoisotopic (exact) mass is 451 g/mol. The molecule has 8 nitrogen and oxygen atoms in total. The molecule has 0 saturated heterocycles. The van der Waals surface area contributed by atoms with E-state index in [4.69, 9.17) is 24.5 Å². The van der Waals surface area contributed by atoms with Crippen molar-refractivity contribution in [3.8, 4) is 0 Å². The third-order valence-corrected chi connectivity index (χ3v) is 6.04. The van der Waals surface area contributed by atoms with Crippen LogP contribution in [0.5, 0.6) is 0 Å². The fourth-order valence-corrected chi connectivity index (χ4v) is 4.16. The first-order valence-electron chi connectivity index (χ1n) is 8.12. The van der Waals surface area contributed by atoms with Gasteiger partial charge in [0, 0.05) is 38.2 Å². The molecule has 0 radical (unpaired) electrons. The highest BCUT2D eigenvalue weighted by atomic mass is 33.1. The summed E-state index contributed by atoms with van der Waals surface area (Å²) in [5.41, 5.74) is 0. The van der Waals surface area contributed by atoms with E-state index in [0.29, 0.717) is 25.1 Å². The van der Waals surface area contributed by atoms with E-state index in [0.717, 1.165) is 5.75 Å². The van der Waals surface area contributed by atoms with Crippen molar-refractivity contribution >= 4 is 39.4 Å². The van der Waals surface area contributed by atoms with Crippen molar-refractivity contribution in [1.29, 1.82) is 0 Å². The van der Waals surface area contributed by atoms with Crippen LogP contribution < -0.4 is 5.32 Å². The van der Waals surface area contributed by atoms with Gasteiger partial charge in [-0.3, -0.25) is 9.59 Å². The van der Waals surface area contributed by atoms with Gasteiger partial charge < -0.3 is 25.0 Å². The normalized spacial score (nSPS) is 21.5. The maximum Gasteiger partial charge on any atom is 0.490 e. The first-order valence-corrected chi connectivity index (χ1v) is 10.6. The lowest BCUT2D eigenvalue weighted by Gasteiger charge is -2.15. The molecule has 1 saturated carbocycles. The van der Waals surface area contributed by atoms with Crippen molar-refractivity contribution in [2.45, 2.75) is 37.6 Å². The zero-order chi connectivity index (χ0) is 21.7. The van der Waals surface area contributed by atoms with Crippen LogP contribution in [0.2, 0.25) is 0 Å². The van der Waals surface area contributed by atoms with E-state index in [1.165, 1.54) is 10.8 Å². The molecule has 1 fully saturated rings. The Labute approximate surface area is 168 Å². The molecule has 1 amide bonds. The van der Waals surface area contributed by atoms with Gasteiger partial charge in [-0.1, -0.05) is 21.6 Å². The topological polar surface area (TPSA) is 122 Å². The molecule has 0 aromatic heterocycles. The highest BCUT2D eigenvalue weighted by Crippen LogP contribution is 2.30. The summed E-state index contributed by atoms with van der Waals surface area (Å²) in [5, 5.41) is 18.5. The first kappa shape index (κ1) is 26.8. The van der Waals surface area contributed by atoms with Crippen LogP contribution in [-0.4, -0.2) is 78.7 Å². The highest BCUT2D eigenvalue weighted by Gasteiger charge is 2.38. The van der Waals surface area contributed by atoms with Crippen molar-refractivity contribution in [2.75, 3.05) is 32.3 Å². The van der Waals surface area contributed by atoms with E-state index in [1.54, 1.807) is 25.0 Å². The van der Waals surface area contributed by atoms with Gasteiger partial charge in [-0.2, -0.15) is 13.2 Å². The summed E-state index contributed by atoms with van der Waals surface area (Å²) in [6.07, 6.45) is -3.54. The summed E-state index contributed by atoms with van der Waals surface area (Å²) in [6.45, 7) is 0.593. The second-order valence-corrected chi connectivity index (χ2v) is 8.30. The summed E-state index contributed by atoms with van der Waals surface area (Å²) in [6, 6.07) is 0. The van der Waals surface area contributed by atoms with E-state index < -0.39 is 18.1 Å². The number of rotatable bonds is 10. The third kappa shape index (κ3) is 11.6. The van der Waals surface area contributed by atoms with Crippen LogP contribution in [0.3, 0.4) is 0 Å². The quantitative estimate of drug-likeness (QED) is 0.338. The molecule has 1 rings (SSSR count). The number of carbonyl (C=O) groups excluding carboxylic acids is 1. The molecule has 0 heterocycles. The first-order chi connectivity index (χ1) is 13.0. The Morgan fingerprint density at radius 3 is 1.89 bits per heavy atom. The van der Waals surface area contributed by atoms with Gasteiger partial charge >= 0.3 is 18.1 Å². The molecule has 3 atom stereocenters. The molecule has 0 aromatic rings. The van der Waals surface area contributed by atoms with Crippen LogP contribution in [0.25, 0.3) is 0 Å². The van der Waals surface area contributed by atoms with Gasteiger partial charge in [0.05, 0.1) is 18.6 Å². The van der Waals surface area contributed by atoms with Gasteiger partial charge in [0.1, 0.15) is 0 Å².